The Bertz CT molecular complexity index is 195. The molecular formula is C12H23NO. The fourth-order valence-corrected chi connectivity index (χ4v) is 2.83. The Morgan fingerprint density at radius 3 is 2.29 bits per heavy atom. The van der Waals surface area contributed by atoms with E-state index in [-0.39, 0.29) is 0 Å². The molecule has 0 spiro atoms. The quantitative estimate of drug-likeness (QED) is 0.732. The van der Waals surface area contributed by atoms with Gasteiger partial charge in [0.05, 0.1) is 6.10 Å². The van der Waals surface area contributed by atoms with Crippen molar-refractivity contribution in [3.05, 3.63) is 0 Å². The van der Waals surface area contributed by atoms with E-state index in [2.05, 4.69) is 26.1 Å². The minimum absolute atomic E-state index is 0.415. The van der Waals surface area contributed by atoms with Crippen LogP contribution in [0.4, 0.5) is 0 Å². The maximum atomic E-state index is 5.58. The summed E-state index contributed by atoms with van der Waals surface area (Å²) in [6.07, 6.45) is 4.35. The Balaban J connectivity index is 1.85. The van der Waals surface area contributed by atoms with Crippen molar-refractivity contribution >= 4 is 0 Å². The van der Waals surface area contributed by atoms with Crippen LogP contribution < -0.4 is 5.32 Å². The van der Waals surface area contributed by atoms with Crippen molar-refractivity contribution in [2.45, 2.75) is 58.2 Å². The predicted molar refractivity (Wildman–Crippen MR) is 58.3 cm³/mol. The average Bonchev–Trinajstić information content (AvgIpc) is 2.68. The summed E-state index contributed by atoms with van der Waals surface area (Å²) >= 11 is 0. The first-order chi connectivity index (χ1) is 6.68. The molecule has 0 bridgehead atoms. The monoisotopic (exact) mass is 197 g/mol. The average molecular weight is 197 g/mol. The van der Waals surface area contributed by atoms with Crippen LogP contribution in [0.2, 0.25) is 0 Å². The predicted octanol–water partition coefficient (Wildman–Crippen LogP) is 2.19. The van der Waals surface area contributed by atoms with Crippen LogP contribution in [0.15, 0.2) is 0 Å². The Morgan fingerprint density at radius 2 is 1.79 bits per heavy atom. The zero-order valence-corrected chi connectivity index (χ0v) is 9.62. The molecule has 2 fully saturated rings. The minimum Gasteiger partial charge on any atom is -0.377 e. The lowest BCUT2D eigenvalue weighted by molar-refractivity contribution is 0.109. The molecule has 0 aromatic carbocycles. The van der Waals surface area contributed by atoms with Crippen molar-refractivity contribution in [3.63, 3.8) is 0 Å². The summed E-state index contributed by atoms with van der Waals surface area (Å²) in [7, 11) is 0. The van der Waals surface area contributed by atoms with E-state index in [9.17, 15) is 0 Å². The van der Waals surface area contributed by atoms with Gasteiger partial charge in [0.1, 0.15) is 0 Å². The fourth-order valence-electron chi connectivity index (χ4n) is 2.83. The molecule has 2 heteroatoms. The summed E-state index contributed by atoms with van der Waals surface area (Å²) in [4.78, 5) is 0. The Hall–Kier alpha value is -0.0800. The fraction of sp³-hybridized carbons (Fsp3) is 1.00. The molecule has 2 nitrogen and oxygen atoms in total. The first-order valence-electron chi connectivity index (χ1n) is 6.06. The summed E-state index contributed by atoms with van der Waals surface area (Å²) in [5, 5.41) is 3.78. The van der Waals surface area contributed by atoms with Gasteiger partial charge in [-0.15, -0.1) is 0 Å². The van der Waals surface area contributed by atoms with Crippen LogP contribution in [0.1, 0.15) is 40.0 Å². The second-order valence-corrected chi connectivity index (χ2v) is 5.16. The minimum atomic E-state index is 0.415. The second kappa shape index (κ2) is 4.19. The Kier molecular flexibility index (Phi) is 3.13. The van der Waals surface area contributed by atoms with Crippen molar-refractivity contribution in [1.29, 1.82) is 0 Å². The van der Waals surface area contributed by atoms with Gasteiger partial charge in [0, 0.05) is 18.7 Å². The van der Waals surface area contributed by atoms with Gasteiger partial charge in [-0.2, -0.15) is 0 Å². The summed E-state index contributed by atoms with van der Waals surface area (Å²) in [6, 6.07) is 1.34. The maximum Gasteiger partial charge on any atom is 0.0700 e. The molecule has 0 aromatic rings. The highest BCUT2D eigenvalue weighted by Gasteiger charge is 2.33. The van der Waals surface area contributed by atoms with Crippen molar-refractivity contribution < 1.29 is 4.74 Å². The van der Waals surface area contributed by atoms with E-state index in [0.29, 0.717) is 12.1 Å². The molecule has 2 rings (SSSR count). The van der Waals surface area contributed by atoms with Gasteiger partial charge in [-0.1, -0.05) is 13.8 Å². The molecular weight excluding hydrogens is 174 g/mol. The number of hydrogen-bond acceptors (Lipinski definition) is 2. The van der Waals surface area contributed by atoms with Crippen LogP contribution >= 0.6 is 0 Å². The molecule has 1 aliphatic heterocycles. The van der Waals surface area contributed by atoms with Gasteiger partial charge in [-0.3, -0.25) is 0 Å². The van der Waals surface area contributed by atoms with E-state index in [4.69, 9.17) is 4.74 Å². The molecule has 0 aromatic heterocycles. The lowest BCUT2D eigenvalue weighted by atomic mass is 9.97. The van der Waals surface area contributed by atoms with Crippen LogP contribution in [0.3, 0.4) is 0 Å². The molecule has 1 saturated heterocycles. The van der Waals surface area contributed by atoms with E-state index >= 15 is 0 Å². The van der Waals surface area contributed by atoms with Crippen molar-refractivity contribution in [2.24, 2.45) is 11.8 Å². The number of rotatable bonds is 2. The van der Waals surface area contributed by atoms with Crippen molar-refractivity contribution in [1.82, 2.24) is 5.32 Å². The van der Waals surface area contributed by atoms with Crippen molar-refractivity contribution in [3.8, 4) is 0 Å². The third-order valence-electron chi connectivity index (χ3n) is 4.27. The number of nitrogens with one attached hydrogen (secondary N) is 1. The van der Waals surface area contributed by atoms with Crippen LogP contribution in [-0.4, -0.2) is 24.8 Å². The van der Waals surface area contributed by atoms with Crippen LogP contribution in [0.5, 0.6) is 0 Å². The van der Waals surface area contributed by atoms with E-state index in [1.807, 2.05) is 0 Å². The summed E-state index contributed by atoms with van der Waals surface area (Å²) in [5.41, 5.74) is 0. The van der Waals surface area contributed by atoms with Gasteiger partial charge in [0.25, 0.3) is 0 Å². The molecule has 1 aliphatic carbocycles. The maximum absolute atomic E-state index is 5.58. The topological polar surface area (TPSA) is 21.3 Å². The lowest BCUT2D eigenvalue weighted by Gasteiger charge is -2.25. The molecule has 2 aliphatic rings. The van der Waals surface area contributed by atoms with E-state index in [1.54, 1.807) is 0 Å². The highest BCUT2D eigenvalue weighted by Crippen LogP contribution is 2.32. The SMILES string of the molecule is CC1CCC(NC2CCOC2C)C1C. The van der Waals surface area contributed by atoms with Gasteiger partial charge in [-0.25, -0.2) is 0 Å². The molecule has 1 N–H and O–H groups in total. The van der Waals surface area contributed by atoms with E-state index in [0.717, 1.165) is 24.5 Å². The van der Waals surface area contributed by atoms with Crippen LogP contribution in [0, 0.1) is 11.8 Å². The van der Waals surface area contributed by atoms with Crippen LogP contribution in [0.25, 0.3) is 0 Å². The van der Waals surface area contributed by atoms with Gasteiger partial charge in [0.2, 0.25) is 0 Å². The third-order valence-corrected chi connectivity index (χ3v) is 4.27. The normalized spacial score (nSPS) is 48.6. The summed E-state index contributed by atoms with van der Waals surface area (Å²) in [6.45, 7) is 7.89. The number of hydrogen-bond donors (Lipinski definition) is 1. The first kappa shape index (κ1) is 10.4. The molecule has 14 heavy (non-hydrogen) atoms. The molecule has 1 saturated carbocycles. The highest BCUT2D eigenvalue weighted by atomic mass is 16.5. The largest absolute Gasteiger partial charge is 0.377 e. The second-order valence-electron chi connectivity index (χ2n) is 5.16. The highest BCUT2D eigenvalue weighted by molar-refractivity contribution is 4.90. The Labute approximate surface area is 87.4 Å². The third kappa shape index (κ3) is 1.96. The zero-order valence-electron chi connectivity index (χ0n) is 9.62. The molecule has 5 atom stereocenters. The summed E-state index contributed by atoms with van der Waals surface area (Å²) < 4.78 is 5.58. The van der Waals surface area contributed by atoms with Gasteiger partial charge >= 0.3 is 0 Å². The van der Waals surface area contributed by atoms with E-state index < -0.39 is 0 Å². The Morgan fingerprint density at radius 1 is 1.00 bits per heavy atom. The zero-order chi connectivity index (χ0) is 10.1. The van der Waals surface area contributed by atoms with Crippen LogP contribution in [-0.2, 0) is 4.74 Å². The molecule has 5 unspecified atom stereocenters. The molecule has 0 amide bonds. The lowest BCUT2D eigenvalue weighted by Crippen LogP contribution is -2.43. The van der Waals surface area contributed by atoms with Crippen molar-refractivity contribution in [2.75, 3.05) is 6.61 Å². The van der Waals surface area contributed by atoms with E-state index in [1.165, 1.54) is 19.3 Å². The number of ether oxygens (including phenoxy) is 1. The van der Waals surface area contributed by atoms with Gasteiger partial charge < -0.3 is 10.1 Å². The molecule has 0 radical (unpaired) electrons. The summed E-state index contributed by atoms with van der Waals surface area (Å²) in [5.74, 6) is 1.73. The van der Waals surface area contributed by atoms with Gasteiger partial charge in [-0.05, 0) is 38.0 Å². The molecule has 1 heterocycles. The first-order valence-corrected chi connectivity index (χ1v) is 6.06. The smallest absolute Gasteiger partial charge is 0.0700 e. The van der Waals surface area contributed by atoms with Gasteiger partial charge in [0.15, 0.2) is 0 Å². The standard InChI is InChI=1S/C12H23NO/c1-8-4-5-11(9(8)2)13-12-6-7-14-10(12)3/h8-13H,4-7H2,1-3H3. The molecule has 82 valence electrons.